The van der Waals surface area contributed by atoms with Gasteiger partial charge in [-0.2, -0.15) is 4.31 Å². The first-order valence-electron chi connectivity index (χ1n) is 8.91. The zero-order valence-electron chi connectivity index (χ0n) is 14.5. The van der Waals surface area contributed by atoms with Crippen molar-refractivity contribution in [2.45, 2.75) is 37.0 Å². The van der Waals surface area contributed by atoms with Crippen LogP contribution in [0.5, 0.6) is 0 Å². The minimum absolute atomic E-state index is 0.0830. The lowest BCUT2D eigenvalue weighted by Crippen LogP contribution is -2.50. The number of rotatable bonds is 5. The van der Waals surface area contributed by atoms with Crippen molar-refractivity contribution >= 4 is 21.6 Å². The first-order valence-corrected chi connectivity index (χ1v) is 10.3. The van der Waals surface area contributed by atoms with Gasteiger partial charge in [0.15, 0.2) is 4.90 Å². The van der Waals surface area contributed by atoms with Crippen LogP contribution in [0.25, 0.3) is 0 Å². The zero-order chi connectivity index (χ0) is 18.7. The summed E-state index contributed by atoms with van der Waals surface area (Å²) in [5, 5.41) is 11.1. The molecule has 2 aliphatic rings. The molecule has 0 N–H and O–H groups in total. The van der Waals surface area contributed by atoms with Crippen molar-refractivity contribution < 1.29 is 18.1 Å². The molecule has 1 aliphatic carbocycles. The van der Waals surface area contributed by atoms with Crippen LogP contribution in [0.1, 0.15) is 32.1 Å². The molecule has 2 fully saturated rings. The second-order valence-corrected chi connectivity index (χ2v) is 8.77. The van der Waals surface area contributed by atoms with Crippen molar-refractivity contribution in [1.82, 2.24) is 9.21 Å². The van der Waals surface area contributed by atoms with Crippen molar-refractivity contribution in [3.8, 4) is 0 Å². The predicted molar refractivity (Wildman–Crippen MR) is 95.0 cm³/mol. The highest BCUT2D eigenvalue weighted by molar-refractivity contribution is 7.89. The maximum absolute atomic E-state index is 12.8. The number of sulfonamides is 1. The highest BCUT2D eigenvalue weighted by Gasteiger charge is 2.34. The molecule has 1 aromatic rings. The molecule has 1 amide bonds. The fourth-order valence-electron chi connectivity index (χ4n) is 3.73. The summed E-state index contributed by atoms with van der Waals surface area (Å²) in [7, 11) is -3.96. The van der Waals surface area contributed by atoms with E-state index in [0.717, 1.165) is 12.8 Å². The number of hydrogen-bond acceptors (Lipinski definition) is 5. The van der Waals surface area contributed by atoms with Crippen LogP contribution >= 0.6 is 0 Å². The molecule has 142 valence electrons. The van der Waals surface area contributed by atoms with Gasteiger partial charge in [0.25, 0.3) is 5.69 Å². The van der Waals surface area contributed by atoms with Crippen LogP contribution in [-0.4, -0.2) is 54.6 Å². The van der Waals surface area contributed by atoms with Gasteiger partial charge in [0.1, 0.15) is 0 Å². The number of benzene rings is 1. The fourth-order valence-corrected chi connectivity index (χ4v) is 5.31. The molecule has 0 aromatic heterocycles. The normalized spacial score (nSPS) is 19.6. The summed E-state index contributed by atoms with van der Waals surface area (Å²) in [5.74, 6) is 0.538. The Hall–Kier alpha value is -2.00. The minimum atomic E-state index is -3.96. The van der Waals surface area contributed by atoms with E-state index in [-0.39, 0.29) is 23.9 Å². The van der Waals surface area contributed by atoms with E-state index in [1.807, 2.05) is 0 Å². The van der Waals surface area contributed by atoms with Gasteiger partial charge in [0.05, 0.1) is 4.92 Å². The Bertz CT molecular complexity index is 781. The van der Waals surface area contributed by atoms with Crippen LogP contribution in [0.4, 0.5) is 5.69 Å². The first kappa shape index (κ1) is 18.8. The summed E-state index contributed by atoms with van der Waals surface area (Å²) >= 11 is 0. The van der Waals surface area contributed by atoms with Gasteiger partial charge in [-0.25, -0.2) is 8.42 Å². The molecule has 1 aliphatic heterocycles. The number of nitro groups is 1. The Labute approximate surface area is 153 Å². The van der Waals surface area contributed by atoms with Crippen LogP contribution in [0.2, 0.25) is 0 Å². The van der Waals surface area contributed by atoms with Gasteiger partial charge in [-0.05, 0) is 24.8 Å². The van der Waals surface area contributed by atoms with Crippen LogP contribution in [0, 0.1) is 16.0 Å². The summed E-state index contributed by atoms with van der Waals surface area (Å²) in [6.45, 7) is 0.965. The molecule has 3 rings (SSSR count). The van der Waals surface area contributed by atoms with E-state index in [2.05, 4.69) is 0 Å². The number of para-hydroxylation sites is 1. The standard InChI is InChI=1S/C17H23N3O5S/c21-17(13-14-5-1-2-6-14)18-9-11-19(12-10-18)26(24,25)16-8-4-3-7-15(16)20(22)23/h3-4,7-8,14H,1-2,5-6,9-13H2. The summed E-state index contributed by atoms with van der Waals surface area (Å²) in [5.41, 5.74) is -0.424. The summed E-state index contributed by atoms with van der Waals surface area (Å²) in [4.78, 5) is 24.2. The molecule has 1 aromatic carbocycles. The lowest BCUT2D eigenvalue weighted by atomic mass is 10.0. The average Bonchev–Trinajstić information content (AvgIpc) is 3.14. The molecule has 1 saturated heterocycles. The van der Waals surface area contributed by atoms with Gasteiger partial charge in [0, 0.05) is 38.7 Å². The average molecular weight is 381 g/mol. The Balaban J connectivity index is 1.65. The number of amides is 1. The number of hydrogen-bond donors (Lipinski definition) is 0. The number of carbonyl (C=O) groups excluding carboxylic acids is 1. The van der Waals surface area contributed by atoms with E-state index < -0.39 is 20.6 Å². The lowest BCUT2D eigenvalue weighted by molar-refractivity contribution is -0.387. The highest BCUT2D eigenvalue weighted by Crippen LogP contribution is 2.29. The third-order valence-electron chi connectivity index (χ3n) is 5.21. The van der Waals surface area contributed by atoms with E-state index >= 15 is 0 Å². The largest absolute Gasteiger partial charge is 0.340 e. The topological polar surface area (TPSA) is 101 Å². The van der Waals surface area contributed by atoms with Gasteiger partial charge in [-0.15, -0.1) is 0 Å². The van der Waals surface area contributed by atoms with E-state index in [9.17, 15) is 23.3 Å². The maximum atomic E-state index is 12.8. The SMILES string of the molecule is O=C(CC1CCCC1)N1CCN(S(=O)(=O)c2ccccc2[N+](=O)[O-])CC1. The van der Waals surface area contributed by atoms with Crippen LogP contribution in [0.15, 0.2) is 29.2 Å². The van der Waals surface area contributed by atoms with E-state index in [4.69, 9.17) is 0 Å². The van der Waals surface area contributed by atoms with Crippen molar-refractivity contribution in [3.05, 3.63) is 34.4 Å². The van der Waals surface area contributed by atoms with Crippen LogP contribution in [0.3, 0.4) is 0 Å². The van der Waals surface area contributed by atoms with E-state index in [1.54, 1.807) is 4.90 Å². The Morgan fingerprint density at radius 1 is 1.12 bits per heavy atom. The number of carbonyl (C=O) groups is 1. The molecule has 8 nitrogen and oxygen atoms in total. The molecule has 0 spiro atoms. The molecule has 26 heavy (non-hydrogen) atoms. The summed E-state index contributed by atoms with van der Waals surface area (Å²) < 4.78 is 26.8. The van der Waals surface area contributed by atoms with Crippen LogP contribution in [-0.2, 0) is 14.8 Å². The minimum Gasteiger partial charge on any atom is -0.340 e. The van der Waals surface area contributed by atoms with E-state index in [1.165, 1.54) is 41.4 Å². The molecule has 0 radical (unpaired) electrons. The van der Waals surface area contributed by atoms with Gasteiger partial charge in [-0.3, -0.25) is 14.9 Å². The summed E-state index contributed by atoms with van der Waals surface area (Å²) in [6.07, 6.45) is 5.09. The number of nitro benzene ring substituents is 1. The molecule has 0 unspecified atom stereocenters. The van der Waals surface area contributed by atoms with Crippen molar-refractivity contribution in [2.24, 2.45) is 5.92 Å². The molecule has 0 bridgehead atoms. The molecule has 1 saturated carbocycles. The maximum Gasteiger partial charge on any atom is 0.289 e. The monoisotopic (exact) mass is 381 g/mol. The third-order valence-corrected chi connectivity index (χ3v) is 7.16. The molecule has 9 heteroatoms. The summed E-state index contributed by atoms with van der Waals surface area (Å²) in [6, 6.07) is 5.36. The third kappa shape index (κ3) is 3.88. The van der Waals surface area contributed by atoms with Crippen molar-refractivity contribution in [2.75, 3.05) is 26.2 Å². The lowest BCUT2D eigenvalue weighted by Gasteiger charge is -2.34. The van der Waals surface area contributed by atoms with E-state index in [0.29, 0.717) is 25.4 Å². The van der Waals surface area contributed by atoms with Crippen molar-refractivity contribution in [1.29, 1.82) is 0 Å². The zero-order valence-corrected chi connectivity index (χ0v) is 15.4. The Morgan fingerprint density at radius 2 is 1.73 bits per heavy atom. The van der Waals surface area contributed by atoms with Crippen molar-refractivity contribution in [3.63, 3.8) is 0 Å². The fraction of sp³-hybridized carbons (Fsp3) is 0.588. The molecular formula is C17H23N3O5S. The predicted octanol–water partition coefficient (Wildman–Crippen LogP) is 2.01. The van der Waals surface area contributed by atoms with Crippen LogP contribution < -0.4 is 0 Å². The highest BCUT2D eigenvalue weighted by atomic mass is 32.2. The Kier molecular flexibility index (Phi) is 5.57. The van der Waals surface area contributed by atoms with Gasteiger partial charge < -0.3 is 4.90 Å². The number of nitrogens with zero attached hydrogens (tertiary/aromatic N) is 3. The second kappa shape index (κ2) is 7.71. The second-order valence-electron chi connectivity index (χ2n) is 6.86. The quantitative estimate of drug-likeness (QED) is 0.574. The van der Waals surface area contributed by atoms with Gasteiger partial charge in [-0.1, -0.05) is 25.0 Å². The molecule has 1 heterocycles. The smallest absolute Gasteiger partial charge is 0.289 e. The number of piperazine rings is 1. The van der Waals surface area contributed by atoms with Gasteiger partial charge in [0.2, 0.25) is 15.9 Å². The first-order chi connectivity index (χ1) is 12.4. The molecule has 0 atom stereocenters. The molecular weight excluding hydrogens is 358 g/mol. The Morgan fingerprint density at radius 3 is 2.35 bits per heavy atom. The van der Waals surface area contributed by atoms with Gasteiger partial charge >= 0.3 is 0 Å².